The molecule has 0 saturated carbocycles. The summed E-state index contributed by atoms with van der Waals surface area (Å²) in [5.41, 5.74) is 0. The van der Waals surface area contributed by atoms with E-state index in [2.05, 4.69) is 4.74 Å². The summed E-state index contributed by atoms with van der Waals surface area (Å²) in [7, 11) is 0.495. The molecule has 9 heavy (non-hydrogen) atoms. The first-order chi connectivity index (χ1) is 3.81. The number of halogens is 5. The van der Waals surface area contributed by atoms with Crippen LogP contribution in [-0.2, 0) is 4.74 Å². The third kappa shape index (κ3) is 2.09. The summed E-state index contributed by atoms with van der Waals surface area (Å²) in [6.07, 6.45) is -4.44. The molecule has 0 rings (SSSR count). The molecule has 0 aliphatic heterocycles. The molecule has 0 amide bonds. The normalized spacial score (nSPS) is 14.0. The van der Waals surface area contributed by atoms with Crippen LogP contribution in [0, 0.1) is 0 Å². The second-order valence-corrected chi connectivity index (χ2v) is 2.21. The number of ether oxygens (including phenoxy) is 1. The van der Waals surface area contributed by atoms with Crippen LogP contribution in [0.5, 0.6) is 0 Å². The maximum Gasteiger partial charge on any atom is 0.429 e. The molecule has 0 aromatic rings. The van der Waals surface area contributed by atoms with Crippen molar-refractivity contribution in [2.75, 3.05) is 7.11 Å². The Morgan fingerprint density at radius 2 is 1.56 bits per heavy atom. The van der Waals surface area contributed by atoms with Crippen molar-refractivity contribution in [2.24, 2.45) is 0 Å². The zero-order valence-electron chi connectivity index (χ0n) is 4.30. The summed E-state index contributed by atoms with van der Waals surface area (Å²) in [4.78, 5) is -4.30. The summed E-state index contributed by atoms with van der Waals surface area (Å²) in [6, 6.07) is 0. The number of methoxy groups -OCH3 is 1. The number of hydrogen-bond donors (Lipinski definition) is 0. The van der Waals surface area contributed by atoms with E-state index in [0.717, 1.165) is 0 Å². The quantitative estimate of drug-likeness (QED) is 0.502. The molecule has 0 aromatic heterocycles. The fraction of sp³-hybridized carbons (Fsp3) is 1.00. The zero-order chi connectivity index (χ0) is 7.71. The van der Waals surface area contributed by atoms with Crippen molar-refractivity contribution in [3.8, 4) is 0 Å². The Labute approximate surface area is 57.1 Å². The minimum atomic E-state index is -4.44. The van der Waals surface area contributed by atoms with Gasteiger partial charge in [0.15, 0.2) is 0 Å². The average molecular weight is 211 g/mol. The van der Waals surface area contributed by atoms with E-state index in [1.807, 2.05) is 0 Å². The first-order valence-corrected chi connectivity index (χ1v) is 2.60. The van der Waals surface area contributed by atoms with Gasteiger partial charge in [-0.2, -0.15) is 17.6 Å². The van der Waals surface area contributed by atoms with Crippen molar-refractivity contribution in [1.29, 1.82) is 0 Å². The fourth-order valence-corrected chi connectivity index (χ4v) is 0.278. The molecule has 0 aromatic carbocycles. The van der Waals surface area contributed by atoms with Gasteiger partial charge in [0, 0.05) is 23.0 Å². The van der Waals surface area contributed by atoms with Crippen LogP contribution in [0.2, 0.25) is 0 Å². The summed E-state index contributed by atoms with van der Waals surface area (Å²) >= 11 is 1.45. The van der Waals surface area contributed by atoms with E-state index in [1.54, 1.807) is 0 Å². The highest BCUT2D eigenvalue weighted by Gasteiger charge is 2.55. The molecule has 0 heterocycles. The molecule has 0 atom stereocenters. The lowest BCUT2D eigenvalue weighted by molar-refractivity contribution is -0.299. The van der Waals surface area contributed by atoms with Gasteiger partial charge >= 0.3 is 10.9 Å². The van der Waals surface area contributed by atoms with E-state index in [1.165, 1.54) is 15.9 Å². The first kappa shape index (κ1) is 9.16. The van der Waals surface area contributed by atoms with Crippen LogP contribution >= 0.6 is 15.9 Å². The second kappa shape index (κ2) is 2.42. The van der Waals surface area contributed by atoms with Gasteiger partial charge in [0.25, 0.3) is 0 Å². The molecule has 0 fully saturated rings. The van der Waals surface area contributed by atoms with E-state index in [9.17, 15) is 17.6 Å². The highest BCUT2D eigenvalue weighted by atomic mass is 79.9. The molecule has 0 saturated heterocycles. The molecule has 0 bridgehead atoms. The smallest absolute Gasteiger partial charge is 0.318 e. The van der Waals surface area contributed by atoms with Gasteiger partial charge in [0.2, 0.25) is 0 Å². The average Bonchev–Trinajstić information content (AvgIpc) is 1.64. The first-order valence-electron chi connectivity index (χ1n) is 1.81. The Morgan fingerprint density at radius 3 is 1.56 bits per heavy atom. The lowest BCUT2D eigenvalue weighted by Crippen LogP contribution is -2.36. The van der Waals surface area contributed by atoms with Gasteiger partial charge in [-0.05, 0) is 0 Å². The minimum absolute atomic E-state index is 0.495. The summed E-state index contributed by atoms with van der Waals surface area (Å²) in [6.45, 7) is 0. The molecule has 0 aliphatic carbocycles. The topological polar surface area (TPSA) is 9.23 Å². The third-order valence-electron chi connectivity index (χ3n) is 0.586. The molecule has 0 spiro atoms. The second-order valence-electron chi connectivity index (χ2n) is 1.22. The lowest BCUT2D eigenvalue weighted by atomic mass is 10.7. The van der Waals surface area contributed by atoms with Gasteiger partial charge in [-0.1, -0.05) is 0 Å². The highest BCUT2D eigenvalue weighted by molar-refractivity contribution is 9.10. The van der Waals surface area contributed by atoms with Gasteiger partial charge in [0.1, 0.15) is 0 Å². The predicted octanol–water partition coefficient (Wildman–Crippen LogP) is 2.21. The maximum absolute atomic E-state index is 11.6. The van der Waals surface area contributed by atoms with Crippen LogP contribution in [-0.4, -0.2) is 18.1 Å². The summed E-state index contributed by atoms with van der Waals surface area (Å²) < 4.78 is 49.5. The van der Waals surface area contributed by atoms with Gasteiger partial charge < -0.3 is 4.74 Å². The van der Waals surface area contributed by atoms with Crippen molar-refractivity contribution in [3.05, 3.63) is 0 Å². The van der Waals surface area contributed by atoms with Gasteiger partial charge in [-0.25, -0.2) is 0 Å². The van der Waals surface area contributed by atoms with E-state index in [4.69, 9.17) is 0 Å². The molecule has 0 unspecified atom stereocenters. The number of rotatable bonds is 2. The largest absolute Gasteiger partial charge is 0.429 e. The van der Waals surface area contributed by atoms with Crippen molar-refractivity contribution >= 4 is 15.9 Å². The van der Waals surface area contributed by atoms with Crippen molar-refractivity contribution in [1.82, 2.24) is 0 Å². The minimum Gasteiger partial charge on any atom is -0.318 e. The van der Waals surface area contributed by atoms with Crippen LogP contribution < -0.4 is 0 Å². The summed E-state index contributed by atoms with van der Waals surface area (Å²) in [5.74, 6) is 0. The van der Waals surface area contributed by atoms with Crippen molar-refractivity contribution in [3.63, 3.8) is 0 Å². The SMILES string of the molecule is COC(F)(F)C(F)(F)Br. The maximum atomic E-state index is 11.6. The van der Waals surface area contributed by atoms with E-state index in [-0.39, 0.29) is 0 Å². The number of alkyl halides is 5. The van der Waals surface area contributed by atoms with Gasteiger partial charge in [-0.15, -0.1) is 0 Å². The summed E-state index contributed by atoms with van der Waals surface area (Å²) in [5, 5.41) is 0. The zero-order valence-corrected chi connectivity index (χ0v) is 5.88. The molecule has 1 nitrogen and oxygen atoms in total. The standard InChI is InChI=1S/C3H3BrF4O/c1-9-3(7,8)2(4,5)6/h1H3. The van der Waals surface area contributed by atoms with Crippen LogP contribution in [0.15, 0.2) is 0 Å². The predicted molar refractivity (Wildman–Crippen MR) is 25.8 cm³/mol. The molecule has 0 radical (unpaired) electrons. The van der Waals surface area contributed by atoms with Crippen molar-refractivity contribution < 1.29 is 22.3 Å². The van der Waals surface area contributed by atoms with Crippen LogP contribution in [0.4, 0.5) is 17.6 Å². The molecule has 6 heteroatoms. The Balaban J connectivity index is 4.14. The van der Waals surface area contributed by atoms with Crippen LogP contribution in [0.25, 0.3) is 0 Å². The van der Waals surface area contributed by atoms with Gasteiger partial charge in [0.05, 0.1) is 0 Å². The number of hydrogen-bond acceptors (Lipinski definition) is 1. The Hall–Kier alpha value is 0.160. The molecule has 0 N–H and O–H groups in total. The van der Waals surface area contributed by atoms with E-state index >= 15 is 0 Å². The Morgan fingerprint density at radius 1 is 1.22 bits per heavy atom. The third-order valence-corrected chi connectivity index (χ3v) is 1.05. The van der Waals surface area contributed by atoms with Crippen LogP contribution in [0.1, 0.15) is 0 Å². The molecule has 56 valence electrons. The molecular formula is C3H3BrF4O. The monoisotopic (exact) mass is 210 g/mol. The lowest BCUT2D eigenvalue weighted by Gasteiger charge is -2.18. The Kier molecular flexibility index (Phi) is 2.46. The molecule has 0 aliphatic rings. The van der Waals surface area contributed by atoms with Crippen LogP contribution in [0.3, 0.4) is 0 Å². The molecular weight excluding hydrogens is 208 g/mol. The highest BCUT2D eigenvalue weighted by Crippen LogP contribution is 2.39. The fourth-order valence-electron chi connectivity index (χ4n) is 0.116. The van der Waals surface area contributed by atoms with E-state index < -0.39 is 10.9 Å². The van der Waals surface area contributed by atoms with Crippen molar-refractivity contribution in [2.45, 2.75) is 10.9 Å². The van der Waals surface area contributed by atoms with E-state index in [0.29, 0.717) is 7.11 Å². The Bertz CT molecular complexity index is 98.5. The van der Waals surface area contributed by atoms with Gasteiger partial charge in [-0.3, -0.25) is 0 Å².